The summed E-state index contributed by atoms with van der Waals surface area (Å²) in [5.74, 6) is 0.852. The van der Waals surface area contributed by atoms with Gasteiger partial charge in [0.2, 0.25) is 0 Å². The fraction of sp³-hybridized carbons (Fsp3) is 0.333. The Morgan fingerprint density at radius 2 is 1.77 bits per heavy atom. The predicted molar refractivity (Wildman–Crippen MR) is 116 cm³/mol. The molecule has 2 aromatic heterocycles. The van der Waals surface area contributed by atoms with Crippen molar-refractivity contribution < 1.29 is 23.5 Å². The summed E-state index contributed by atoms with van der Waals surface area (Å²) in [5.41, 5.74) is 3.45. The average molecular weight is 424 g/mol. The van der Waals surface area contributed by atoms with Gasteiger partial charge in [-0.3, -0.25) is 4.79 Å². The van der Waals surface area contributed by atoms with Crippen molar-refractivity contribution in [3.8, 4) is 5.75 Å². The molecule has 0 saturated carbocycles. The van der Waals surface area contributed by atoms with E-state index < -0.39 is 5.97 Å². The molecule has 3 rings (SSSR count). The Balaban J connectivity index is 1.89. The van der Waals surface area contributed by atoms with Crippen LogP contribution in [-0.4, -0.2) is 35.0 Å². The molecule has 31 heavy (non-hydrogen) atoms. The molecule has 1 aromatic carbocycles. The van der Waals surface area contributed by atoms with Crippen LogP contribution < -0.4 is 4.74 Å². The van der Waals surface area contributed by atoms with Crippen LogP contribution in [0.4, 0.5) is 0 Å². The molecule has 0 saturated heterocycles. The van der Waals surface area contributed by atoms with Crippen molar-refractivity contribution in [1.29, 1.82) is 0 Å². The fourth-order valence-electron chi connectivity index (χ4n) is 3.46. The number of aryl methyl sites for hydroxylation is 1. The molecule has 0 aliphatic carbocycles. The van der Waals surface area contributed by atoms with Gasteiger partial charge in [-0.1, -0.05) is 0 Å². The number of carbonyl (C=O) groups excluding carboxylic acids is 2. The summed E-state index contributed by atoms with van der Waals surface area (Å²) in [7, 11) is 0. The van der Waals surface area contributed by atoms with Crippen LogP contribution in [0.3, 0.4) is 0 Å². The molecule has 7 nitrogen and oxygen atoms in total. The maximum absolute atomic E-state index is 13.4. The maximum Gasteiger partial charge on any atom is 0.355 e. The highest BCUT2D eigenvalue weighted by molar-refractivity contribution is 5.94. The first-order valence-electron chi connectivity index (χ1n) is 10.3. The first-order chi connectivity index (χ1) is 14.9. The number of rotatable bonds is 9. The molecule has 0 atom stereocenters. The number of aromatic amines is 1. The standard InChI is InChI=1S/C24H28N2O5/c1-5-29-19-11-9-18(10-12-19)23(27)26(14-20-8-7-13-31-20)15-21-16(3)22(25-17(21)4)24(28)30-6-2/h7-13,25H,5-6,14-15H2,1-4H3. The van der Waals surface area contributed by atoms with E-state index in [1.807, 2.05) is 26.8 Å². The maximum atomic E-state index is 13.4. The second-order valence-corrected chi connectivity index (χ2v) is 7.15. The number of carbonyl (C=O) groups is 2. The van der Waals surface area contributed by atoms with Crippen LogP contribution in [0, 0.1) is 13.8 Å². The van der Waals surface area contributed by atoms with E-state index in [0.29, 0.717) is 49.1 Å². The van der Waals surface area contributed by atoms with Gasteiger partial charge in [-0.25, -0.2) is 4.79 Å². The van der Waals surface area contributed by atoms with Crippen molar-refractivity contribution in [2.45, 2.75) is 40.8 Å². The van der Waals surface area contributed by atoms with E-state index in [1.54, 1.807) is 48.4 Å². The summed E-state index contributed by atoms with van der Waals surface area (Å²) in [6.07, 6.45) is 1.58. The lowest BCUT2D eigenvalue weighted by atomic mass is 10.1. The molecule has 3 aromatic rings. The monoisotopic (exact) mass is 424 g/mol. The van der Waals surface area contributed by atoms with Crippen LogP contribution in [0.1, 0.15) is 57.3 Å². The zero-order valence-electron chi connectivity index (χ0n) is 18.4. The van der Waals surface area contributed by atoms with E-state index in [-0.39, 0.29) is 5.91 Å². The first kappa shape index (κ1) is 22.2. The number of aromatic nitrogens is 1. The van der Waals surface area contributed by atoms with Crippen LogP contribution in [0.2, 0.25) is 0 Å². The summed E-state index contributed by atoms with van der Waals surface area (Å²) in [4.78, 5) is 30.4. The van der Waals surface area contributed by atoms with Crippen LogP contribution in [0.15, 0.2) is 47.1 Å². The van der Waals surface area contributed by atoms with Gasteiger partial charge in [0.05, 0.1) is 26.0 Å². The molecule has 0 aliphatic heterocycles. The lowest BCUT2D eigenvalue weighted by Crippen LogP contribution is -2.30. The lowest BCUT2D eigenvalue weighted by molar-refractivity contribution is 0.0519. The van der Waals surface area contributed by atoms with Crippen LogP contribution in [-0.2, 0) is 17.8 Å². The highest BCUT2D eigenvalue weighted by Gasteiger charge is 2.24. The molecule has 1 N–H and O–H groups in total. The second-order valence-electron chi connectivity index (χ2n) is 7.15. The van der Waals surface area contributed by atoms with Crippen LogP contribution in [0.25, 0.3) is 0 Å². The van der Waals surface area contributed by atoms with Gasteiger partial charge < -0.3 is 23.8 Å². The van der Waals surface area contributed by atoms with E-state index in [9.17, 15) is 9.59 Å². The third-order valence-electron chi connectivity index (χ3n) is 5.05. The van der Waals surface area contributed by atoms with Gasteiger partial charge in [-0.2, -0.15) is 0 Å². The molecule has 0 spiro atoms. The Morgan fingerprint density at radius 3 is 2.39 bits per heavy atom. The summed E-state index contributed by atoms with van der Waals surface area (Å²) >= 11 is 0. The number of hydrogen-bond donors (Lipinski definition) is 1. The summed E-state index contributed by atoms with van der Waals surface area (Å²) in [5, 5.41) is 0. The van der Waals surface area contributed by atoms with Gasteiger partial charge in [0.15, 0.2) is 0 Å². The molecule has 0 aliphatic rings. The van der Waals surface area contributed by atoms with Crippen molar-refractivity contribution >= 4 is 11.9 Å². The molecule has 1 amide bonds. The first-order valence-corrected chi connectivity index (χ1v) is 10.3. The number of hydrogen-bond acceptors (Lipinski definition) is 5. The molecule has 0 unspecified atom stereocenters. The SMILES string of the molecule is CCOC(=O)c1[nH]c(C)c(CN(Cc2ccco2)C(=O)c2ccc(OCC)cc2)c1C. The molecular weight excluding hydrogens is 396 g/mol. The minimum Gasteiger partial charge on any atom is -0.494 e. The minimum atomic E-state index is -0.398. The van der Waals surface area contributed by atoms with Crippen LogP contribution in [0.5, 0.6) is 5.75 Å². The Morgan fingerprint density at radius 1 is 1.03 bits per heavy atom. The van der Waals surface area contributed by atoms with E-state index >= 15 is 0 Å². The molecule has 7 heteroatoms. The van der Waals surface area contributed by atoms with E-state index in [1.165, 1.54) is 0 Å². The Labute approximate surface area is 182 Å². The number of furan rings is 1. The largest absolute Gasteiger partial charge is 0.494 e. The summed E-state index contributed by atoms with van der Waals surface area (Å²) in [6.45, 7) is 8.91. The zero-order valence-corrected chi connectivity index (χ0v) is 18.4. The van der Waals surface area contributed by atoms with Gasteiger partial charge in [0, 0.05) is 17.8 Å². The molecule has 0 bridgehead atoms. The topological polar surface area (TPSA) is 84.8 Å². The minimum absolute atomic E-state index is 0.142. The number of H-pyrrole nitrogens is 1. The van der Waals surface area contributed by atoms with Gasteiger partial charge in [-0.05, 0) is 75.2 Å². The summed E-state index contributed by atoms with van der Waals surface area (Å²) in [6, 6.07) is 10.7. The van der Waals surface area contributed by atoms with Crippen molar-refractivity contribution in [3.63, 3.8) is 0 Å². The number of nitrogens with zero attached hydrogens (tertiary/aromatic N) is 1. The van der Waals surface area contributed by atoms with Gasteiger partial charge in [-0.15, -0.1) is 0 Å². The van der Waals surface area contributed by atoms with Gasteiger partial charge in [0.25, 0.3) is 5.91 Å². The van der Waals surface area contributed by atoms with Crippen molar-refractivity contribution in [1.82, 2.24) is 9.88 Å². The van der Waals surface area contributed by atoms with Crippen molar-refractivity contribution in [2.24, 2.45) is 0 Å². The average Bonchev–Trinajstić information content (AvgIpc) is 3.37. The van der Waals surface area contributed by atoms with E-state index in [0.717, 1.165) is 16.8 Å². The van der Waals surface area contributed by atoms with Crippen LogP contribution >= 0.6 is 0 Å². The smallest absolute Gasteiger partial charge is 0.355 e. The molecule has 2 heterocycles. The van der Waals surface area contributed by atoms with E-state index in [2.05, 4.69) is 4.98 Å². The molecule has 0 radical (unpaired) electrons. The highest BCUT2D eigenvalue weighted by Crippen LogP contribution is 2.23. The number of benzene rings is 1. The van der Waals surface area contributed by atoms with Gasteiger partial charge in [0.1, 0.15) is 17.2 Å². The molecule has 0 fully saturated rings. The fourth-order valence-corrected chi connectivity index (χ4v) is 3.46. The van der Waals surface area contributed by atoms with E-state index in [4.69, 9.17) is 13.9 Å². The highest BCUT2D eigenvalue weighted by atomic mass is 16.5. The third-order valence-corrected chi connectivity index (χ3v) is 5.05. The number of ether oxygens (including phenoxy) is 2. The normalized spacial score (nSPS) is 10.7. The Hall–Kier alpha value is -3.48. The zero-order chi connectivity index (χ0) is 22.4. The Kier molecular flexibility index (Phi) is 7.18. The second kappa shape index (κ2) is 10.0. The molecule has 164 valence electrons. The summed E-state index contributed by atoms with van der Waals surface area (Å²) < 4.78 is 16.1. The number of nitrogens with one attached hydrogen (secondary N) is 1. The quantitative estimate of drug-likeness (QED) is 0.506. The van der Waals surface area contributed by atoms with Crippen molar-refractivity contribution in [3.05, 3.63) is 76.5 Å². The third kappa shape index (κ3) is 5.17. The predicted octanol–water partition coefficient (Wildman–Crippen LogP) is 4.64. The van der Waals surface area contributed by atoms with Gasteiger partial charge >= 0.3 is 5.97 Å². The number of esters is 1. The molecular formula is C24H28N2O5. The number of amides is 1. The Bertz CT molecular complexity index is 1020. The lowest BCUT2D eigenvalue weighted by Gasteiger charge is -2.22. The van der Waals surface area contributed by atoms with Crippen molar-refractivity contribution in [2.75, 3.05) is 13.2 Å².